The van der Waals surface area contributed by atoms with Gasteiger partial charge in [0, 0.05) is 37.6 Å². The molecule has 0 saturated carbocycles. The molecule has 0 N–H and O–H groups in total. The molecule has 1 aliphatic heterocycles. The molecule has 2 aromatic rings. The van der Waals surface area contributed by atoms with E-state index in [0.717, 1.165) is 24.2 Å². The largest absolute Gasteiger partial charge is 0.490 e. The fourth-order valence-electron chi connectivity index (χ4n) is 3.08. The summed E-state index contributed by atoms with van der Waals surface area (Å²) in [5, 5.41) is 0. The van der Waals surface area contributed by atoms with Crippen LogP contribution in [0.2, 0.25) is 0 Å². The van der Waals surface area contributed by atoms with Gasteiger partial charge in [0.05, 0.1) is 0 Å². The first-order valence-corrected chi connectivity index (χ1v) is 8.98. The molecule has 1 saturated heterocycles. The second kappa shape index (κ2) is 8.17. The number of nitrogens with zero attached hydrogens (tertiary/aromatic N) is 1. The van der Waals surface area contributed by atoms with Crippen LogP contribution in [0.3, 0.4) is 0 Å². The van der Waals surface area contributed by atoms with Crippen LogP contribution in [0, 0.1) is 19.7 Å². The Labute approximate surface area is 154 Å². The summed E-state index contributed by atoms with van der Waals surface area (Å²) in [5.74, 6) is 0.518. The van der Waals surface area contributed by atoms with Crippen LogP contribution in [0.5, 0.6) is 5.75 Å². The molecule has 0 unspecified atom stereocenters. The molecule has 0 spiro atoms. The maximum absolute atomic E-state index is 13.6. The Morgan fingerprint density at radius 2 is 1.88 bits per heavy atom. The van der Waals surface area contributed by atoms with Crippen molar-refractivity contribution in [2.45, 2.75) is 32.8 Å². The third-order valence-corrected chi connectivity index (χ3v) is 4.70. The number of amides is 1. The zero-order chi connectivity index (χ0) is 18.5. The summed E-state index contributed by atoms with van der Waals surface area (Å²) in [6.07, 6.45) is 4.70. The number of carbonyl (C=O) groups excluding carboxylic acids is 1. The smallest absolute Gasteiger partial charge is 0.246 e. The van der Waals surface area contributed by atoms with Crippen LogP contribution < -0.4 is 4.74 Å². The fraction of sp³-hybridized carbons (Fsp3) is 0.318. The molecule has 3 rings (SSSR count). The second-order valence-electron chi connectivity index (χ2n) is 6.77. The van der Waals surface area contributed by atoms with Gasteiger partial charge in [0.15, 0.2) is 0 Å². The summed E-state index contributed by atoms with van der Waals surface area (Å²) >= 11 is 0. The van der Waals surface area contributed by atoms with Crippen molar-refractivity contribution in [2.24, 2.45) is 0 Å². The Kier molecular flexibility index (Phi) is 5.71. The van der Waals surface area contributed by atoms with E-state index in [1.165, 1.54) is 23.8 Å². The molecule has 136 valence electrons. The number of ether oxygens (including phenoxy) is 1. The molecule has 1 aliphatic rings. The van der Waals surface area contributed by atoms with Crippen LogP contribution in [0.25, 0.3) is 6.08 Å². The molecular weight excluding hydrogens is 329 g/mol. The first-order valence-electron chi connectivity index (χ1n) is 8.98. The molecule has 4 heteroatoms. The number of carbonyl (C=O) groups is 1. The van der Waals surface area contributed by atoms with E-state index in [1.54, 1.807) is 23.1 Å². The summed E-state index contributed by atoms with van der Waals surface area (Å²) in [6, 6.07) is 12.6. The minimum atomic E-state index is -0.322. The Hall–Kier alpha value is -2.62. The number of rotatable bonds is 4. The standard InChI is InChI=1S/C22H24FNO2/c1-16-7-8-17(2)21(15-16)26-19-11-13-24(14-12-19)22(25)10-9-18-5-3-4-6-20(18)23/h3-10,15,19H,11-14H2,1-2H3. The highest BCUT2D eigenvalue weighted by molar-refractivity contribution is 5.91. The van der Waals surface area contributed by atoms with E-state index >= 15 is 0 Å². The van der Waals surface area contributed by atoms with Gasteiger partial charge in [-0.15, -0.1) is 0 Å². The maximum atomic E-state index is 13.6. The third-order valence-electron chi connectivity index (χ3n) is 4.70. The molecule has 3 nitrogen and oxygen atoms in total. The summed E-state index contributed by atoms with van der Waals surface area (Å²) in [6.45, 7) is 5.39. The average Bonchev–Trinajstić information content (AvgIpc) is 2.64. The van der Waals surface area contributed by atoms with Gasteiger partial charge in [-0.1, -0.05) is 30.3 Å². The van der Waals surface area contributed by atoms with Crippen molar-refractivity contribution in [3.05, 3.63) is 71.0 Å². The average molecular weight is 353 g/mol. The monoisotopic (exact) mass is 353 g/mol. The zero-order valence-corrected chi connectivity index (χ0v) is 15.2. The minimum absolute atomic E-state index is 0.0848. The second-order valence-corrected chi connectivity index (χ2v) is 6.77. The number of halogens is 1. The topological polar surface area (TPSA) is 29.5 Å². The number of hydrogen-bond donors (Lipinski definition) is 0. The normalized spacial score (nSPS) is 15.4. The molecular formula is C22H24FNO2. The highest BCUT2D eigenvalue weighted by atomic mass is 19.1. The number of hydrogen-bond acceptors (Lipinski definition) is 2. The van der Waals surface area contributed by atoms with E-state index in [4.69, 9.17) is 4.74 Å². The molecule has 0 radical (unpaired) electrons. The third kappa shape index (κ3) is 4.51. The Bertz CT molecular complexity index is 808. The van der Waals surface area contributed by atoms with Gasteiger partial charge in [0.1, 0.15) is 17.7 Å². The predicted molar refractivity (Wildman–Crippen MR) is 102 cm³/mol. The number of piperidine rings is 1. The Balaban J connectivity index is 1.54. The Morgan fingerprint density at radius 3 is 2.62 bits per heavy atom. The predicted octanol–water partition coefficient (Wildman–Crippen LogP) is 4.53. The first kappa shape index (κ1) is 18.2. The molecule has 26 heavy (non-hydrogen) atoms. The minimum Gasteiger partial charge on any atom is -0.490 e. The van der Waals surface area contributed by atoms with Crippen molar-refractivity contribution in [1.29, 1.82) is 0 Å². The number of likely N-dealkylation sites (tertiary alicyclic amines) is 1. The molecule has 0 atom stereocenters. The van der Waals surface area contributed by atoms with Crippen LogP contribution in [-0.2, 0) is 4.79 Å². The van der Waals surface area contributed by atoms with Crippen molar-refractivity contribution in [2.75, 3.05) is 13.1 Å². The van der Waals surface area contributed by atoms with Crippen molar-refractivity contribution in [1.82, 2.24) is 4.90 Å². The molecule has 2 aromatic carbocycles. The number of aryl methyl sites for hydroxylation is 2. The van der Waals surface area contributed by atoms with Crippen LogP contribution in [0.4, 0.5) is 4.39 Å². The van der Waals surface area contributed by atoms with Gasteiger partial charge in [-0.05, 0) is 43.2 Å². The van der Waals surface area contributed by atoms with Crippen molar-refractivity contribution < 1.29 is 13.9 Å². The van der Waals surface area contributed by atoms with Gasteiger partial charge in [0.25, 0.3) is 0 Å². The summed E-state index contributed by atoms with van der Waals surface area (Å²) in [7, 11) is 0. The fourth-order valence-corrected chi connectivity index (χ4v) is 3.08. The van der Waals surface area contributed by atoms with E-state index in [-0.39, 0.29) is 17.8 Å². The zero-order valence-electron chi connectivity index (χ0n) is 15.2. The van der Waals surface area contributed by atoms with Crippen LogP contribution in [-0.4, -0.2) is 30.0 Å². The SMILES string of the molecule is Cc1ccc(C)c(OC2CCN(C(=O)C=Cc3ccccc3F)CC2)c1. The van der Waals surface area contributed by atoms with E-state index in [1.807, 2.05) is 6.92 Å². The highest BCUT2D eigenvalue weighted by Gasteiger charge is 2.23. The summed E-state index contributed by atoms with van der Waals surface area (Å²) in [4.78, 5) is 14.1. The Morgan fingerprint density at radius 1 is 1.15 bits per heavy atom. The van der Waals surface area contributed by atoms with Gasteiger partial charge in [0.2, 0.25) is 5.91 Å². The van der Waals surface area contributed by atoms with Crippen molar-refractivity contribution >= 4 is 12.0 Å². The summed E-state index contributed by atoms with van der Waals surface area (Å²) in [5.41, 5.74) is 2.73. The lowest BCUT2D eigenvalue weighted by Gasteiger charge is -2.32. The first-order chi connectivity index (χ1) is 12.5. The summed E-state index contributed by atoms with van der Waals surface area (Å²) < 4.78 is 19.7. The van der Waals surface area contributed by atoms with Crippen molar-refractivity contribution in [3.8, 4) is 5.75 Å². The molecule has 0 aliphatic carbocycles. The molecule has 1 amide bonds. The van der Waals surface area contributed by atoms with E-state index in [2.05, 4.69) is 25.1 Å². The molecule has 1 heterocycles. The lowest BCUT2D eigenvalue weighted by atomic mass is 10.1. The molecule has 0 aromatic heterocycles. The van der Waals surface area contributed by atoms with Gasteiger partial charge in [-0.25, -0.2) is 4.39 Å². The maximum Gasteiger partial charge on any atom is 0.246 e. The van der Waals surface area contributed by atoms with Crippen LogP contribution >= 0.6 is 0 Å². The molecule has 0 bridgehead atoms. The van der Waals surface area contributed by atoms with Gasteiger partial charge >= 0.3 is 0 Å². The van der Waals surface area contributed by atoms with E-state index in [9.17, 15) is 9.18 Å². The van der Waals surface area contributed by atoms with Gasteiger partial charge < -0.3 is 9.64 Å². The lowest BCUT2D eigenvalue weighted by molar-refractivity contribution is -0.127. The quantitative estimate of drug-likeness (QED) is 0.756. The molecule has 1 fully saturated rings. The van der Waals surface area contributed by atoms with Gasteiger partial charge in [-0.2, -0.15) is 0 Å². The van der Waals surface area contributed by atoms with Gasteiger partial charge in [-0.3, -0.25) is 4.79 Å². The van der Waals surface area contributed by atoms with Crippen molar-refractivity contribution in [3.63, 3.8) is 0 Å². The highest BCUT2D eigenvalue weighted by Crippen LogP contribution is 2.24. The van der Waals surface area contributed by atoms with Crippen LogP contribution in [0.15, 0.2) is 48.5 Å². The van der Waals surface area contributed by atoms with E-state index in [0.29, 0.717) is 18.7 Å². The lowest BCUT2D eigenvalue weighted by Crippen LogP contribution is -2.41. The number of benzene rings is 2. The van der Waals surface area contributed by atoms with Crippen LogP contribution in [0.1, 0.15) is 29.5 Å². The van der Waals surface area contributed by atoms with E-state index < -0.39 is 0 Å².